The van der Waals surface area contributed by atoms with Gasteiger partial charge >= 0.3 is 0 Å². The summed E-state index contributed by atoms with van der Waals surface area (Å²) < 4.78 is 27.2. The first-order valence-corrected chi connectivity index (χ1v) is 9.75. The van der Waals surface area contributed by atoms with Gasteiger partial charge < -0.3 is 0 Å². The summed E-state index contributed by atoms with van der Waals surface area (Å²) >= 11 is 1.31. The Kier molecular flexibility index (Phi) is 5.22. The quantitative estimate of drug-likeness (QED) is 0.695. The first-order valence-electron chi connectivity index (χ1n) is 7.39. The van der Waals surface area contributed by atoms with Crippen LogP contribution in [0.3, 0.4) is 0 Å². The minimum Gasteiger partial charge on any atom is -0.298 e. The third-order valence-electron chi connectivity index (χ3n) is 3.39. The molecule has 1 heterocycles. The van der Waals surface area contributed by atoms with Crippen molar-refractivity contribution in [1.82, 2.24) is 9.71 Å². The van der Waals surface area contributed by atoms with Gasteiger partial charge in [-0.1, -0.05) is 30.3 Å². The zero-order valence-corrected chi connectivity index (χ0v) is 14.7. The second kappa shape index (κ2) is 7.56. The molecule has 128 valence electrons. The highest BCUT2D eigenvalue weighted by molar-refractivity contribution is 7.89. The van der Waals surface area contributed by atoms with E-state index in [1.165, 1.54) is 35.6 Å². The highest BCUT2D eigenvalue weighted by atomic mass is 32.2. The van der Waals surface area contributed by atoms with Gasteiger partial charge in [0.2, 0.25) is 10.0 Å². The Hall–Kier alpha value is -2.55. The van der Waals surface area contributed by atoms with Crippen molar-refractivity contribution in [2.45, 2.75) is 11.4 Å². The van der Waals surface area contributed by atoms with E-state index in [4.69, 9.17) is 0 Å². The zero-order chi connectivity index (χ0) is 17.7. The summed E-state index contributed by atoms with van der Waals surface area (Å²) in [5.41, 5.74) is 1.22. The predicted octanol–water partition coefficient (Wildman–Crippen LogP) is 2.87. The Morgan fingerprint density at radius 1 is 1.04 bits per heavy atom. The largest absolute Gasteiger partial charge is 0.298 e. The van der Waals surface area contributed by atoms with E-state index in [0.29, 0.717) is 10.7 Å². The third kappa shape index (κ3) is 4.50. The maximum atomic E-state index is 12.3. The summed E-state index contributed by atoms with van der Waals surface area (Å²) in [6, 6.07) is 15.0. The van der Waals surface area contributed by atoms with Gasteiger partial charge in [-0.2, -0.15) is 0 Å². The summed E-state index contributed by atoms with van der Waals surface area (Å²) in [6.45, 7) is 0.204. The SMILES string of the molecule is O=C(Nc1nccs1)c1ccc(S(=O)(=O)NCc2ccccc2)cc1. The molecule has 8 heteroatoms. The third-order valence-corrected chi connectivity index (χ3v) is 5.49. The number of amides is 1. The standard InChI is InChI=1S/C17H15N3O3S2/c21-16(20-17-18-10-11-24-17)14-6-8-15(9-7-14)25(22,23)19-12-13-4-2-1-3-5-13/h1-11,19H,12H2,(H,18,20,21). The lowest BCUT2D eigenvalue weighted by Gasteiger charge is -2.08. The smallest absolute Gasteiger partial charge is 0.257 e. The molecule has 25 heavy (non-hydrogen) atoms. The molecule has 0 spiro atoms. The number of benzene rings is 2. The Morgan fingerprint density at radius 3 is 2.40 bits per heavy atom. The Morgan fingerprint density at radius 2 is 1.76 bits per heavy atom. The van der Waals surface area contributed by atoms with Crippen LogP contribution < -0.4 is 10.0 Å². The van der Waals surface area contributed by atoms with Crippen LogP contribution in [0.4, 0.5) is 5.13 Å². The molecule has 0 aliphatic rings. The maximum absolute atomic E-state index is 12.3. The maximum Gasteiger partial charge on any atom is 0.257 e. The van der Waals surface area contributed by atoms with Crippen molar-refractivity contribution < 1.29 is 13.2 Å². The molecule has 2 N–H and O–H groups in total. The Balaban J connectivity index is 1.67. The minimum atomic E-state index is -3.64. The molecule has 0 radical (unpaired) electrons. The van der Waals surface area contributed by atoms with Crippen molar-refractivity contribution in [1.29, 1.82) is 0 Å². The lowest BCUT2D eigenvalue weighted by molar-refractivity contribution is 0.102. The van der Waals surface area contributed by atoms with Crippen molar-refractivity contribution in [3.63, 3.8) is 0 Å². The van der Waals surface area contributed by atoms with E-state index in [9.17, 15) is 13.2 Å². The van der Waals surface area contributed by atoms with Crippen LogP contribution in [-0.4, -0.2) is 19.3 Å². The van der Waals surface area contributed by atoms with Crippen molar-refractivity contribution in [3.05, 3.63) is 77.3 Å². The van der Waals surface area contributed by atoms with Gasteiger partial charge in [-0.3, -0.25) is 10.1 Å². The second-order valence-electron chi connectivity index (χ2n) is 5.13. The molecule has 1 amide bonds. The number of nitrogens with zero attached hydrogens (tertiary/aromatic N) is 1. The molecule has 0 unspecified atom stereocenters. The monoisotopic (exact) mass is 373 g/mol. The number of aromatic nitrogens is 1. The van der Waals surface area contributed by atoms with Crippen LogP contribution in [0.15, 0.2) is 71.1 Å². The normalized spacial score (nSPS) is 11.2. The van der Waals surface area contributed by atoms with E-state index in [0.717, 1.165) is 5.56 Å². The molecular weight excluding hydrogens is 358 g/mol. The lowest BCUT2D eigenvalue weighted by Crippen LogP contribution is -2.23. The number of nitrogens with one attached hydrogen (secondary N) is 2. The summed E-state index contributed by atoms with van der Waals surface area (Å²) in [7, 11) is -3.64. The van der Waals surface area contributed by atoms with Gasteiger partial charge in [0.15, 0.2) is 5.13 Å². The van der Waals surface area contributed by atoms with E-state index in [1.807, 2.05) is 30.3 Å². The molecule has 0 fully saturated rings. The van der Waals surface area contributed by atoms with E-state index in [1.54, 1.807) is 11.6 Å². The van der Waals surface area contributed by atoms with Gasteiger partial charge in [0, 0.05) is 23.7 Å². The number of hydrogen-bond acceptors (Lipinski definition) is 5. The van der Waals surface area contributed by atoms with Crippen LogP contribution in [0.1, 0.15) is 15.9 Å². The molecule has 0 aliphatic heterocycles. The number of hydrogen-bond donors (Lipinski definition) is 2. The minimum absolute atomic E-state index is 0.106. The number of sulfonamides is 1. The highest BCUT2D eigenvalue weighted by Crippen LogP contribution is 2.15. The van der Waals surface area contributed by atoms with Crippen LogP contribution >= 0.6 is 11.3 Å². The van der Waals surface area contributed by atoms with Crippen LogP contribution in [-0.2, 0) is 16.6 Å². The molecule has 2 aromatic carbocycles. The Labute approximate surface area is 149 Å². The summed E-state index contributed by atoms with van der Waals surface area (Å²) in [5, 5.41) is 4.89. The van der Waals surface area contributed by atoms with Crippen molar-refractivity contribution in [2.75, 3.05) is 5.32 Å². The van der Waals surface area contributed by atoms with Crippen LogP contribution in [0.2, 0.25) is 0 Å². The fourth-order valence-corrected chi connectivity index (χ4v) is 3.64. The summed E-state index contributed by atoms with van der Waals surface area (Å²) in [4.78, 5) is 16.2. The Bertz CT molecular complexity index is 939. The zero-order valence-electron chi connectivity index (χ0n) is 13.0. The van der Waals surface area contributed by atoms with Gasteiger partial charge in [0.1, 0.15) is 0 Å². The molecule has 6 nitrogen and oxygen atoms in total. The average molecular weight is 373 g/mol. The first kappa shape index (κ1) is 17.3. The molecule has 0 atom stereocenters. The van der Waals surface area contributed by atoms with Gasteiger partial charge in [-0.25, -0.2) is 18.1 Å². The lowest BCUT2D eigenvalue weighted by atomic mass is 10.2. The van der Waals surface area contributed by atoms with Crippen molar-refractivity contribution in [3.8, 4) is 0 Å². The average Bonchev–Trinajstić information content (AvgIpc) is 3.14. The molecule has 3 rings (SSSR count). The molecule has 1 aromatic heterocycles. The molecule has 0 saturated heterocycles. The fourth-order valence-electron chi connectivity index (χ4n) is 2.10. The number of carbonyl (C=O) groups excluding carboxylic acids is 1. The van der Waals surface area contributed by atoms with Crippen LogP contribution in [0, 0.1) is 0 Å². The van der Waals surface area contributed by atoms with Gasteiger partial charge in [-0.05, 0) is 29.8 Å². The highest BCUT2D eigenvalue weighted by Gasteiger charge is 2.15. The van der Waals surface area contributed by atoms with Crippen molar-refractivity contribution in [2.24, 2.45) is 0 Å². The molecule has 0 saturated carbocycles. The van der Waals surface area contributed by atoms with Gasteiger partial charge in [0.25, 0.3) is 5.91 Å². The number of carbonyl (C=O) groups is 1. The van der Waals surface area contributed by atoms with Crippen LogP contribution in [0.25, 0.3) is 0 Å². The molecule has 3 aromatic rings. The van der Waals surface area contributed by atoms with Gasteiger partial charge in [0.05, 0.1) is 4.90 Å². The number of thiazole rings is 1. The fraction of sp³-hybridized carbons (Fsp3) is 0.0588. The number of rotatable bonds is 6. The molecule has 0 aliphatic carbocycles. The van der Waals surface area contributed by atoms with Crippen LogP contribution in [0.5, 0.6) is 0 Å². The summed E-state index contributed by atoms with van der Waals surface area (Å²) in [6.07, 6.45) is 1.59. The predicted molar refractivity (Wildman–Crippen MR) is 97.0 cm³/mol. The summed E-state index contributed by atoms with van der Waals surface area (Å²) in [5.74, 6) is -0.337. The van der Waals surface area contributed by atoms with Crippen molar-refractivity contribution >= 4 is 32.4 Å². The number of anilines is 1. The van der Waals surface area contributed by atoms with Gasteiger partial charge in [-0.15, -0.1) is 11.3 Å². The molecule has 0 bridgehead atoms. The van der Waals surface area contributed by atoms with E-state index >= 15 is 0 Å². The molecular formula is C17H15N3O3S2. The topological polar surface area (TPSA) is 88.2 Å². The van der Waals surface area contributed by atoms with E-state index in [2.05, 4.69) is 15.0 Å². The first-order chi connectivity index (χ1) is 12.0. The van der Waals surface area contributed by atoms with E-state index in [-0.39, 0.29) is 17.3 Å². The second-order valence-corrected chi connectivity index (χ2v) is 7.79. The van der Waals surface area contributed by atoms with E-state index < -0.39 is 10.0 Å².